The Morgan fingerprint density at radius 2 is 1.62 bits per heavy atom. The summed E-state index contributed by atoms with van der Waals surface area (Å²) in [5, 5.41) is 11.4. The van der Waals surface area contributed by atoms with E-state index in [2.05, 4.69) is 70.2 Å². The highest BCUT2D eigenvalue weighted by atomic mass is 16.5. The predicted molar refractivity (Wildman–Crippen MR) is 149 cm³/mol. The molecule has 1 saturated heterocycles. The van der Waals surface area contributed by atoms with Gasteiger partial charge < -0.3 is 19.4 Å². The van der Waals surface area contributed by atoms with Crippen LogP contribution in [0, 0.1) is 0 Å². The van der Waals surface area contributed by atoms with Gasteiger partial charge in [-0.3, -0.25) is 4.79 Å². The number of amides is 1. The minimum Gasteiger partial charge on any atom is -0.484 e. The molecule has 1 amide bonds. The van der Waals surface area contributed by atoms with Crippen LogP contribution in [0.25, 0.3) is 22.0 Å². The fourth-order valence-electron chi connectivity index (χ4n) is 4.87. The molecular formula is C30H33N5O2. The molecule has 0 saturated carbocycles. The van der Waals surface area contributed by atoms with Crippen molar-refractivity contribution in [1.29, 1.82) is 0 Å². The molecule has 1 aliphatic rings. The van der Waals surface area contributed by atoms with Crippen molar-refractivity contribution in [2.45, 2.75) is 13.8 Å². The minimum atomic E-state index is 0.00489. The quantitative estimate of drug-likeness (QED) is 0.348. The summed E-state index contributed by atoms with van der Waals surface area (Å²) in [4.78, 5) is 19.1. The Morgan fingerprint density at radius 3 is 2.38 bits per heavy atom. The van der Waals surface area contributed by atoms with Crippen LogP contribution < -0.4 is 14.5 Å². The molecule has 0 N–H and O–H groups in total. The van der Waals surface area contributed by atoms with Crippen molar-refractivity contribution >= 4 is 28.2 Å². The third-order valence-electron chi connectivity index (χ3n) is 6.98. The predicted octanol–water partition coefficient (Wildman–Crippen LogP) is 4.87. The summed E-state index contributed by atoms with van der Waals surface area (Å²) in [6.45, 7) is 8.86. The topological polar surface area (TPSA) is 61.8 Å². The molecule has 2 heterocycles. The number of carbonyl (C=O) groups excluding carboxylic acids is 1. The summed E-state index contributed by atoms with van der Waals surface area (Å²) in [6, 6.07) is 26.5. The number of benzene rings is 3. The van der Waals surface area contributed by atoms with Crippen molar-refractivity contribution in [2.24, 2.45) is 0 Å². The monoisotopic (exact) mass is 495 g/mol. The summed E-state index contributed by atoms with van der Waals surface area (Å²) in [5.41, 5.74) is 3.04. The second kappa shape index (κ2) is 11.3. The molecule has 0 unspecified atom stereocenters. The average Bonchev–Trinajstić information content (AvgIpc) is 2.97. The van der Waals surface area contributed by atoms with Crippen molar-refractivity contribution in [2.75, 3.05) is 55.7 Å². The Hall–Kier alpha value is -4.13. The van der Waals surface area contributed by atoms with Gasteiger partial charge in [-0.05, 0) is 48.9 Å². The van der Waals surface area contributed by atoms with Gasteiger partial charge >= 0.3 is 0 Å². The SMILES string of the molecule is CCN(CC)c1cccc(OCC(=O)N2CCN(c3ccc(-c4cccc5ccccc45)nn3)CC2)c1. The number of ether oxygens (including phenoxy) is 1. The molecule has 190 valence electrons. The number of anilines is 2. The molecule has 37 heavy (non-hydrogen) atoms. The van der Waals surface area contributed by atoms with E-state index in [4.69, 9.17) is 4.74 Å². The number of nitrogens with zero attached hydrogens (tertiary/aromatic N) is 5. The van der Waals surface area contributed by atoms with Gasteiger partial charge in [-0.1, -0.05) is 48.5 Å². The van der Waals surface area contributed by atoms with Crippen LogP contribution in [0.4, 0.5) is 11.5 Å². The van der Waals surface area contributed by atoms with E-state index in [-0.39, 0.29) is 12.5 Å². The largest absolute Gasteiger partial charge is 0.484 e. The second-order valence-electron chi connectivity index (χ2n) is 9.13. The molecule has 7 heteroatoms. The standard InChI is InChI=1S/C30H33N5O2/c1-3-33(4-2)24-11-8-12-25(21-24)37-22-30(36)35-19-17-34(18-20-35)29-16-15-28(31-32-29)27-14-7-10-23-9-5-6-13-26(23)27/h5-16,21H,3-4,17-20,22H2,1-2H3. The highest BCUT2D eigenvalue weighted by Gasteiger charge is 2.22. The highest BCUT2D eigenvalue weighted by Crippen LogP contribution is 2.27. The van der Waals surface area contributed by atoms with Gasteiger partial charge in [0.25, 0.3) is 5.91 Å². The average molecular weight is 496 g/mol. The molecule has 7 nitrogen and oxygen atoms in total. The number of hydrogen-bond acceptors (Lipinski definition) is 6. The van der Waals surface area contributed by atoms with Crippen LogP contribution in [0.2, 0.25) is 0 Å². The molecule has 1 aromatic heterocycles. The van der Waals surface area contributed by atoms with Crippen LogP contribution in [0.15, 0.2) is 78.9 Å². The van der Waals surface area contributed by atoms with E-state index in [0.29, 0.717) is 26.2 Å². The first-order chi connectivity index (χ1) is 18.2. The number of rotatable bonds is 8. The maximum absolute atomic E-state index is 12.8. The van der Waals surface area contributed by atoms with Crippen molar-refractivity contribution in [1.82, 2.24) is 15.1 Å². The van der Waals surface area contributed by atoms with E-state index in [1.54, 1.807) is 0 Å². The van der Waals surface area contributed by atoms with Gasteiger partial charge in [0.05, 0.1) is 5.69 Å². The first kappa shape index (κ1) is 24.6. The molecule has 0 atom stereocenters. The number of carbonyl (C=O) groups is 1. The van der Waals surface area contributed by atoms with Crippen LogP contribution in [-0.4, -0.2) is 66.9 Å². The molecule has 1 aliphatic heterocycles. The van der Waals surface area contributed by atoms with E-state index in [1.165, 1.54) is 10.8 Å². The zero-order chi connectivity index (χ0) is 25.6. The van der Waals surface area contributed by atoms with Gasteiger partial charge in [0.2, 0.25) is 0 Å². The zero-order valence-corrected chi connectivity index (χ0v) is 21.5. The van der Waals surface area contributed by atoms with E-state index >= 15 is 0 Å². The Morgan fingerprint density at radius 1 is 0.865 bits per heavy atom. The third kappa shape index (κ3) is 5.50. The molecule has 0 bridgehead atoms. The van der Waals surface area contributed by atoms with E-state index < -0.39 is 0 Å². The van der Waals surface area contributed by atoms with Crippen LogP contribution in [-0.2, 0) is 4.79 Å². The maximum Gasteiger partial charge on any atom is 0.260 e. The molecule has 0 spiro atoms. The first-order valence-corrected chi connectivity index (χ1v) is 13.0. The van der Waals surface area contributed by atoms with Gasteiger partial charge in [0.1, 0.15) is 5.75 Å². The maximum atomic E-state index is 12.8. The molecule has 0 radical (unpaired) electrons. The normalized spacial score (nSPS) is 13.6. The Balaban J connectivity index is 1.16. The molecule has 5 rings (SSSR count). The van der Waals surface area contributed by atoms with Crippen LogP contribution >= 0.6 is 0 Å². The lowest BCUT2D eigenvalue weighted by Gasteiger charge is -2.35. The van der Waals surface area contributed by atoms with Crippen molar-refractivity contribution in [3.63, 3.8) is 0 Å². The van der Waals surface area contributed by atoms with Crippen LogP contribution in [0.3, 0.4) is 0 Å². The van der Waals surface area contributed by atoms with Gasteiger partial charge in [-0.25, -0.2) is 0 Å². The summed E-state index contributed by atoms with van der Waals surface area (Å²) < 4.78 is 5.84. The summed E-state index contributed by atoms with van der Waals surface area (Å²) >= 11 is 0. The van der Waals surface area contributed by atoms with Crippen molar-refractivity contribution < 1.29 is 9.53 Å². The van der Waals surface area contributed by atoms with E-state index in [1.807, 2.05) is 47.4 Å². The molecule has 1 fully saturated rings. The van der Waals surface area contributed by atoms with Gasteiger partial charge in [0, 0.05) is 56.6 Å². The Bertz CT molecular complexity index is 1340. The molecule has 4 aromatic rings. The Labute approximate surface area is 218 Å². The fourth-order valence-corrected chi connectivity index (χ4v) is 4.87. The summed E-state index contributed by atoms with van der Waals surface area (Å²) in [7, 11) is 0. The van der Waals surface area contributed by atoms with Gasteiger partial charge in [0.15, 0.2) is 12.4 Å². The van der Waals surface area contributed by atoms with Crippen LogP contribution in [0.1, 0.15) is 13.8 Å². The lowest BCUT2D eigenvalue weighted by atomic mass is 10.0. The summed E-state index contributed by atoms with van der Waals surface area (Å²) in [5.74, 6) is 1.56. The smallest absolute Gasteiger partial charge is 0.260 e. The Kier molecular flexibility index (Phi) is 7.49. The fraction of sp³-hybridized carbons (Fsp3) is 0.300. The minimum absolute atomic E-state index is 0.00489. The third-order valence-corrected chi connectivity index (χ3v) is 6.98. The number of aromatic nitrogens is 2. The lowest BCUT2D eigenvalue weighted by molar-refractivity contribution is -0.133. The number of fused-ring (bicyclic) bond motifs is 1. The van der Waals surface area contributed by atoms with E-state index in [9.17, 15) is 4.79 Å². The van der Waals surface area contributed by atoms with Crippen LogP contribution in [0.5, 0.6) is 5.75 Å². The number of hydrogen-bond donors (Lipinski definition) is 0. The zero-order valence-electron chi connectivity index (χ0n) is 21.5. The van der Waals surface area contributed by atoms with E-state index in [0.717, 1.165) is 41.6 Å². The summed E-state index contributed by atoms with van der Waals surface area (Å²) in [6.07, 6.45) is 0. The lowest BCUT2D eigenvalue weighted by Crippen LogP contribution is -2.50. The first-order valence-electron chi connectivity index (χ1n) is 13.0. The van der Waals surface area contributed by atoms with Gasteiger partial charge in [-0.2, -0.15) is 0 Å². The molecule has 0 aliphatic carbocycles. The molecular weight excluding hydrogens is 462 g/mol. The van der Waals surface area contributed by atoms with Crippen molar-refractivity contribution in [3.05, 3.63) is 78.9 Å². The number of piperazine rings is 1. The van der Waals surface area contributed by atoms with Crippen molar-refractivity contribution in [3.8, 4) is 17.0 Å². The second-order valence-corrected chi connectivity index (χ2v) is 9.13. The molecule has 3 aromatic carbocycles. The van der Waals surface area contributed by atoms with Gasteiger partial charge in [-0.15, -0.1) is 10.2 Å². The highest BCUT2D eigenvalue weighted by molar-refractivity contribution is 5.95.